The zero-order valence-corrected chi connectivity index (χ0v) is 16.4. The van der Waals surface area contributed by atoms with E-state index in [9.17, 15) is 27.6 Å². The lowest BCUT2D eigenvalue weighted by Crippen LogP contribution is -2.49. The standard InChI is InChI=1S/C22H20F4N2O2/c1-4-21(3,23)17-7-5-6-8-18(17)30-14-20(2,13-27)28-19(29)15-9-11-16(12-10-15)22(24,25)26/h4-12H,1,14H2,2-3H3,(H,28,29). The van der Waals surface area contributed by atoms with Crippen molar-refractivity contribution < 1.29 is 27.1 Å². The minimum absolute atomic E-state index is 0.0483. The van der Waals surface area contributed by atoms with E-state index in [1.54, 1.807) is 12.1 Å². The molecule has 0 aromatic heterocycles. The number of hydrogen-bond donors (Lipinski definition) is 1. The van der Waals surface area contributed by atoms with E-state index in [1.807, 2.05) is 6.07 Å². The molecule has 0 radical (unpaired) electrons. The van der Waals surface area contributed by atoms with E-state index in [1.165, 1.54) is 26.0 Å². The number of nitrogens with one attached hydrogen (secondary N) is 1. The molecule has 2 atom stereocenters. The highest BCUT2D eigenvalue weighted by atomic mass is 19.4. The molecule has 0 saturated heterocycles. The molecule has 4 nitrogen and oxygen atoms in total. The summed E-state index contributed by atoms with van der Waals surface area (Å²) in [5.41, 5.74) is -4.13. The summed E-state index contributed by atoms with van der Waals surface area (Å²) in [5, 5.41) is 11.9. The number of alkyl halides is 4. The molecule has 2 aromatic carbocycles. The van der Waals surface area contributed by atoms with Crippen LogP contribution in [0.3, 0.4) is 0 Å². The van der Waals surface area contributed by atoms with Crippen LogP contribution in [-0.2, 0) is 11.8 Å². The van der Waals surface area contributed by atoms with Gasteiger partial charge in [-0.1, -0.05) is 30.9 Å². The van der Waals surface area contributed by atoms with E-state index >= 15 is 0 Å². The van der Waals surface area contributed by atoms with Crippen LogP contribution in [0.2, 0.25) is 0 Å². The van der Waals surface area contributed by atoms with Gasteiger partial charge in [-0.25, -0.2) is 4.39 Å². The molecule has 2 unspecified atom stereocenters. The summed E-state index contributed by atoms with van der Waals surface area (Å²) in [7, 11) is 0. The van der Waals surface area contributed by atoms with Gasteiger partial charge >= 0.3 is 6.18 Å². The van der Waals surface area contributed by atoms with Crippen molar-refractivity contribution in [1.82, 2.24) is 5.32 Å². The summed E-state index contributed by atoms with van der Waals surface area (Å²) in [6.45, 7) is 5.83. The maximum absolute atomic E-state index is 14.6. The molecule has 2 aromatic rings. The van der Waals surface area contributed by atoms with Crippen LogP contribution in [0.25, 0.3) is 0 Å². The number of benzene rings is 2. The summed E-state index contributed by atoms with van der Waals surface area (Å²) in [6.07, 6.45) is -3.40. The van der Waals surface area contributed by atoms with Gasteiger partial charge in [0.05, 0.1) is 11.6 Å². The molecule has 1 N–H and O–H groups in total. The van der Waals surface area contributed by atoms with E-state index < -0.39 is 28.9 Å². The van der Waals surface area contributed by atoms with Gasteiger partial charge in [0.2, 0.25) is 0 Å². The van der Waals surface area contributed by atoms with E-state index in [-0.39, 0.29) is 23.5 Å². The number of nitriles is 1. The molecule has 0 heterocycles. The first-order chi connectivity index (χ1) is 13.9. The Bertz CT molecular complexity index is 962. The highest BCUT2D eigenvalue weighted by Crippen LogP contribution is 2.34. The van der Waals surface area contributed by atoms with Gasteiger partial charge in [-0.3, -0.25) is 4.79 Å². The molecular weight excluding hydrogens is 400 g/mol. The van der Waals surface area contributed by atoms with Crippen LogP contribution in [0, 0.1) is 11.3 Å². The molecule has 0 saturated carbocycles. The lowest BCUT2D eigenvalue weighted by atomic mass is 9.97. The van der Waals surface area contributed by atoms with Gasteiger partial charge in [0.25, 0.3) is 5.91 Å². The summed E-state index contributed by atoms with van der Waals surface area (Å²) in [4.78, 5) is 12.4. The zero-order valence-electron chi connectivity index (χ0n) is 16.4. The smallest absolute Gasteiger partial charge is 0.416 e. The van der Waals surface area contributed by atoms with Crippen molar-refractivity contribution >= 4 is 5.91 Å². The van der Waals surface area contributed by atoms with Crippen molar-refractivity contribution in [2.45, 2.75) is 31.2 Å². The summed E-state index contributed by atoms with van der Waals surface area (Å²) < 4.78 is 58.2. The van der Waals surface area contributed by atoms with Gasteiger partial charge in [-0.05, 0) is 44.2 Å². The number of allylic oxidation sites excluding steroid dienone is 1. The molecular formula is C22H20F4N2O2. The number of hydrogen-bond acceptors (Lipinski definition) is 3. The third-order valence-corrected chi connectivity index (χ3v) is 4.42. The van der Waals surface area contributed by atoms with Gasteiger partial charge in [-0.15, -0.1) is 0 Å². The average Bonchev–Trinajstić information content (AvgIpc) is 2.72. The van der Waals surface area contributed by atoms with Crippen molar-refractivity contribution in [3.63, 3.8) is 0 Å². The first-order valence-corrected chi connectivity index (χ1v) is 8.88. The highest BCUT2D eigenvalue weighted by molar-refractivity contribution is 5.95. The molecule has 0 bridgehead atoms. The van der Waals surface area contributed by atoms with Gasteiger partial charge in [0.1, 0.15) is 12.4 Å². The number of para-hydroxylation sites is 1. The molecule has 30 heavy (non-hydrogen) atoms. The van der Waals surface area contributed by atoms with Gasteiger partial charge in [0.15, 0.2) is 11.2 Å². The first kappa shape index (κ1) is 22.9. The Morgan fingerprint density at radius 2 is 1.73 bits per heavy atom. The first-order valence-electron chi connectivity index (χ1n) is 8.88. The third-order valence-electron chi connectivity index (χ3n) is 4.42. The molecule has 0 aliphatic rings. The predicted octanol–water partition coefficient (Wildman–Crippen LogP) is 5.17. The number of rotatable bonds is 7. The number of halogens is 4. The Morgan fingerprint density at radius 1 is 1.13 bits per heavy atom. The third kappa shape index (κ3) is 5.38. The Hall–Kier alpha value is -3.34. The Morgan fingerprint density at radius 3 is 2.27 bits per heavy atom. The fourth-order valence-corrected chi connectivity index (χ4v) is 2.56. The second-order valence-electron chi connectivity index (χ2n) is 7.04. The normalized spacial score (nSPS) is 15.2. The maximum Gasteiger partial charge on any atom is 0.416 e. The lowest BCUT2D eigenvalue weighted by Gasteiger charge is -2.26. The van der Waals surface area contributed by atoms with Crippen LogP contribution >= 0.6 is 0 Å². The lowest BCUT2D eigenvalue weighted by molar-refractivity contribution is -0.137. The monoisotopic (exact) mass is 420 g/mol. The van der Waals surface area contributed by atoms with Crippen molar-refractivity contribution in [2.24, 2.45) is 0 Å². The quantitative estimate of drug-likeness (QED) is 0.497. The highest BCUT2D eigenvalue weighted by Gasteiger charge is 2.32. The number of carbonyl (C=O) groups is 1. The Balaban J connectivity index is 2.15. The van der Waals surface area contributed by atoms with Crippen molar-refractivity contribution in [1.29, 1.82) is 5.26 Å². The van der Waals surface area contributed by atoms with Crippen LogP contribution in [-0.4, -0.2) is 18.1 Å². The van der Waals surface area contributed by atoms with Gasteiger partial charge in [-0.2, -0.15) is 18.4 Å². The molecule has 8 heteroatoms. The molecule has 158 valence electrons. The molecule has 2 rings (SSSR count). The minimum Gasteiger partial charge on any atom is -0.490 e. The van der Waals surface area contributed by atoms with Gasteiger partial charge in [0, 0.05) is 11.1 Å². The van der Waals surface area contributed by atoms with E-state index in [4.69, 9.17) is 4.74 Å². The fraction of sp³-hybridized carbons (Fsp3) is 0.273. The summed E-state index contributed by atoms with van der Waals surface area (Å²) in [5.74, 6) is -0.571. The predicted molar refractivity (Wildman–Crippen MR) is 104 cm³/mol. The molecule has 1 amide bonds. The second-order valence-corrected chi connectivity index (χ2v) is 7.04. The van der Waals surface area contributed by atoms with E-state index in [0.29, 0.717) is 0 Å². The van der Waals surface area contributed by atoms with Crippen LogP contribution in [0.1, 0.15) is 35.3 Å². The van der Waals surface area contributed by atoms with E-state index in [0.717, 1.165) is 30.3 Å². The van der Waals surface area contributed by atoms with E-state index in [2.05, 4.69) is 11.9 Å². The Labute approximate surface area is 171 Å². The van der Waals surface area contributed by atoms with Crippen LogP contribution in [0.15, 0.2) is 61.2 Å². The molecule has 0 aliphatic heterocycles. The number of carbonyl (C=O) groups excluding carboxylic acids is 1. The fourth-order valence-electron chi connectivity index (χ4n) is 2.56. The number of ether oxygens (including phenoxy) is 1. The Kier molecular flexibility index (Phi) is 6.56. The van der Waals surface area contributed by atoms with Crippen LogP contribution in [0.5, 0.6) is 5.75 Å². The largest absolute Gasteiger partial charge is 0.490 e. The topological polar surface area (TPSA) is 62.1 Å². The summed E-state index contributed by atoms with van der Waals surface area (Å²) in [6, 6.07) is 11.8. The molecule has 0 aliphatic carbocycles. The molecule has 0 spiro atoms. The number of nitrogens with zero attached hydrogens (tertiary/aromatic N) is 1. The average molecular weight is 420 g/mol. The number of amides is 1. The van der Waals surface area contributed by atoms with Crippen molar-refractivity contribution in [3.05, 3.63) is 77.9 Å². The van der Waals surface area contributed by atoms with Crippen LogP contribution < -0.4 is 10.1 Å². The maximum atomic E-state index is 14.6. The van der Waals surface area contributed by atoms with Gasteiger partial charge < -0.3 is 10.1 Å². The molecule has 0 fully saturated rings. The SMILES string of the molecule is C=CC(C)(F)c1ccccc1OCC(C)(C#N)NC(=O)c1ccc(C(F)(F)F)cc1. The van der Waals surface area contributed by atoms with Crippen molar-refractivity contribution in [3.8, 4) is 11.8 Å². The summed E-state index contributed by atoms with van der Waals surface area (Å²) >= 11 is 0. The van der Waals surface area contributed by atoms with Crippen LogP contribution in [0.4, 0.5) is 17.6 Å². The zero-order chi connectivity index (χ0) is 22.6. The van der Waals surface area contributed by atoms with Crippen molar-refractivity contribution in [2.75, 3.05) is 6.61 Å². The minimum atomic E-state index is -4.52. The second kappa shape index (κ2) is 8.57.